The molecule has 2 aliphatic rings. The number of hydrogen-bond donors (Lipinski definition) is 1. The number of ether oxygens (including phenoxy) is 1. The first kappa shape index (κ1) is 20.2. The van der Waals surface area contributed by atoms with Crippen LogP contribution in [0.15, 0.2) is 45.6 Å². The summed E-state index contributed by atoms with van der Waals surface area (Å²) in [5, 5.41) is 2.68. The van der Waals surface area contributed by atoms with Crippen molar-refractivity contribution in [2.45, 2.75) is 44.6 Å². The highest BCUT2D eigenvalue weighted by Crippen LogP contribution is 2.29. The number of nitrogens with one attached hydrogen (secondary N) is 1. The maximum atomic E-state index is 13.0. The second-order valence-electron chi connectivity index (χ2n) is 8.12. The lowest BCUT2D eigenvalue weighted by Crippen LogP contribution is -2.49. The van der Waals surface area contributed by atoms with Crippen LogP contribution < -0.4 is 10.9 Å². The fraction of sp³-hybridized carbons (Fsp3) is 0.435. The molecule has 0 bridgehead atoms. The molecular formula is C23H26N2O5. The van der Waals surface area contributed by atoms with Gasteiger partial charge in [-0.2, -0.15) is 0 Å². The fourth-order valence-corrected chi connectivity index (χ4v) is 4.22. The number of alkyl carbamates (subject to hydrolysis) is 1. The quantitative estimate of drug-likeness (QED) is 0.819. The molecule has 1 N–H and O–H groups in total. The predicted octanol–water partition coefficient (Wildman–Crippen LogP) is 2.84. The maximum Gasteiger partial charge on any atom is 0.407 e. The van der Waals surface area contributed by atoms with Crippen LogP contribution >= 0.6 is 0 Å². The highest BCUT2D eigenvalue weighted by atomic mass is 16.6. The summed E-state index contributed by atoms with van der Waals surface area (Å²) in [5.41, 5.74) is 0.869. The van der Waals surface area contributed by atoms with Crippen molar-refractivity contribution in [1.29, 1.82) is 0 Å². The van der Waals surface area contributed by atoms with Crippen LogP contribution in [0, 0.1) is 6.92 Å². The standard InChI is InChI=1S/C23H26N2O5/c1-16-14-18(9-5-8-17-6-3-2-4-7-17)29-21(27)19(16)20(26)25-12-10-23(11-13-25)15-24-22(28)30-23/h2-4,6-7,14H,5,8-13,15H2,1H3,(H,24,28). The number of hydrogen-bond acceptors (Lipinski definition) is 5. The van der Waals surface area contributed by atoms with Crippen molar-refractivity contribution >= 4 is 12.0 Å². The predicted molar refractivity (Wildman–Crippen MR) is 111 cm³/mol. The van der Waals surface area contributed by atoms with Gasteiger partial charge >= 0.3 is 11.7 Å². The summed E-state index contributed by atoms with van der Waals surface area (Å²) in [6.45, 7) is 3.11. The number of benzene rings is 1. The molecule has 4 rings (SSSR count). The highest BCUT2D eigenvalue weighted by molar-refractivity contribution is 5.95. The van der Waals surface area contributed by atoms with Crippen molar-refractivity contribution < 1.29 is 18.7 Å². The Kier molecular flexibility index (Phi) is 5.61. The number of amides is 2. The van der Waals surface area contributed by atoms with Gasteiger partial charge in [-0.05, 0) is 37.0 Å². The molecule has 0 radical (unpaired) electrons. The third-order valence-electron chi connectivity index (χ3n) is 5.97. The van der Waals surface area contributed by atoms with Crippen molar-refractivity contribution in [2.75, 3.05) is 19.6 Å². The van der Waals surface area contributed by atoms with Crippen LogP contribution in [0.1, 0.15) is 46.5 Å². The molecule has 2 aliphatic heterocycles. The molecule has 7 nitrogen and oxygen atoms in total. The lowest BCUT2D eigenvalue weighted by atomic mass is 9.91. The molecule has 2 amide bonds. The minimum absolute atomic E-state index is 0.0966. The topological polar surface area (TPSA) is 88.9 Å². The summed E-state index contributed by atoms with van der Waals surface area (Å²) >= 11 is 0. The van der Waals surface area contributed by atoms with Crippen molar-refractivity contribution in [3.8, 4) is 0 Å². The number of nitrogens with zero attached hydrogens (tertiary/aromatic N) is 1. The normalized spacial score (nSPS) is 17.6. The van der Waals surface area contributed by atoms with Crippen molar-refractivity contribution in [3.63, 3.8) is 0 Å². The van der Waals surface area contributed by atoms with E-state index >= 15 is 0 Å². The molecule has 3 heterocycles. The average Bonchev–Trinajstić information content (AvgIpc) is 3.08. The van der Waals surface area contributed by atoms with E-state index < -0.39 is 17.3 Å². The van der Waals surface area contributed by atoms with Gasteiger partial charge in [-0.3, -0.25) is 4.79 Å². The molecule has 0 unspecified atom stereocenters. The third-order valence-corrected chi connectivity index (χ3v) is 5.97. The SMILES string of the molecule is Cc1cc(CCCc2ccccc2)oc(=O)c1C(=O)N1CCC2(CC1)CNC(=O)O2. The number of carbonyl (C=O) groups is 2. The molecule has 2 aromatic rings. The molecule has 1 aromatic carbocycles. The number of carbonyl (C=O) groups excluding carboxylic acids is 2. The average molecular weight is 410 g/mol. The molecular weight excluding hydrogens is 384 g/mol. The van der Waals surface area contributed by atoms with Gasteiger partial charge in [-0.25, -0.2) is 9.59 Å². The Balaban J connectivity index is 1.39. The van der Waals surface area contributed by atoms with Crippen LogP contribution in [0.4, 0.5) is 4.79 Å². The number of likely N-dealkylation sites (tertiary alicyclic amines) is 1. The van der Waals surface area contributed by atoms with E-state index in [2.05, 4.69) is 17.4 Å². The first-order valence-corrected chi connectivity index (χ1v) is 10.4. The molecule has 2 saturated heterocycles. The number of piperidine rings is 1. The Morgan fingerprint density at radius 1 is 1.13 bits per heavy atom. The molecule has 0 atom stereocenters. The second-order valence-corrected chi connectivity index (χ2v) is 8.12. The fourth-order valence-electron chi connectivity index (χ4n) is 4.22. The van der Waals surface area contributed by atoms with E-state index in [1.54, 1.807) is 17.9 Å². The lowest BCUT2D eigenvalue weighted by molar-refractivity contribution is 0.00318. The van der Waals surface area contributed by atoms with Crippen LogP contribution in [-0.4, -0.2) is 42.1 Å². The van der Waals surface area contributed by atoms with E-state index in [9.17, 15) is 14.4 Å². The molecule has 30 heavy (non-hydrogen) atoms. The maximum absolute atomic E-state index is 13.0. The van der Waals surface area contributed by atoms with Gasteiger partial charge in [0, 0.05) is 32.4 Å². The Hall–Kier alpha value is -3.09. The first-order chi connectivity index (χ1) is 14.5. The first-order valence-electron chi connectivity index (χ1n) is 10.4. The summed E-state index contributed by atoms with van der Waals surface area (Å²) < 4.78 is 10.9. The molecule has 2 fully saturated rings. The summed E-state index contributed by atoms with van der Waals surface area (Å²) in [7, 11) is 0. The summed E-state index contributed by atoms with van der Waals surface area (Å²) in [5.74, 6) is 0.288. The Bertz CT molecular complexity index is 990. The van der Waals surface area contributed by atoms with Crippen LogP contribution in [0.5, 0.6) is 0 Å². The molecule has 1 aromatic heterocycles. The van der Waals surface area contributed by atoms with Crippen LogP contribution in [-0.2, 0) is 17.6 Å². The van der Waals surface area contributed by atoms with Crippen molar-refractivity contribution in [2.24, 2.45) is 0 Å². The van der Waals surface area contributed by atoms with Gasteiger partial charge < -0.3 is 19.4 Å². The molecule has 0 saturated carbocycles. The second kappa shape index (κ2) is 8.34. The van der Waals surface area contributed by atoms with E-state index in [1.807, 2.05) is 18.2 Å². The number of aryl methyl sites for hydroxylation is 3. The Morgan fingerprint density at radius 2 is 1.87 bits per heavy atom. The van der Waals surface area contributed by atoms with Crippen LogP contribution in [0.3, 0.4) is 0 Å². The van der Waals surface area contributed by atoms with Crippen LogP contribution in [0.25, 0.3) is 0 Å². The van der Waals surface area contributed by atoms with Crippen molar-refractivity contribution in [3.05, 3.63) is 69.3 Å². The monoisotopic (exact) mass is 410 g/mol. The van der Waals surface area contributed by atoms with E-state index in [-0.39, 0.29) is 11.5 Å². The number of rotatable bonds is 5. The van der Waals surface area contributed by atoms with E-state index in [4.69, 9.17) is 9.15 Å². The molecule has 158 valence electrons. The molecule has 7 heteroatoms. The van der Waals surface area contributed by atoms with E-state index in [0.717, 1.165) is 12.8 Å². The summed E-state index contributed by atoms with van der Waals surface area (Å²) in [6.07, 6.45) is 3.11. The van der Waals surface area contributed by atoms with Gasteiger partial charge in [0.2, 0.25) is 0 Å². The van der Waals surface area contributed by atoms with Gasteiger partial charge in [-0.15, -0.1) is 0 Å². The van der Waals surface area contributed by atoms with Crippen molar-refractivity contribution in [1.82, 2.24) is 10.2 Å². The molecule has 0 aliphatic carbocycles. The minimum atomic E-state index is -0.580. The summed E-state index contributed by atoms with van der Waals surface area (Å²) in [4.78, 5) is 38.5. The van der Waals surface area contributed by atoms with E-state index in [0.29, 0.717) is 50.2 Å². The smallest absolute Gasteiger partial charge is 0.407 e. The lowest BCUT2D eigenvalue weighted by Gasteiger charge is -2.37. The van der Waals surface area contributed by atoms with Gasteiger partial charge in [0.25, 0.3) is 5.91 Å². The van der Waals surface area contributed by atoms with E-state index in [1.165, 1.54) is 5.56 Å². The van der Waals surface area contributed by atoms with Gasteiger partial charge in [0.1, 0.15) is 16.9 Å². The highest BCUT2D eigenvalue weighted by Gasteiger charge is 2.44. The Morgan fingerprint density at radius 3 is 2.50 bits per heavy atom. The Labute approximate surface area is 175 Å². The summed E-state index contributed by atoms with van der Waals surface area (Å²) in [6, 6.07) is 12.0. The largest absolute Gasteiger partial charge is 0.441 e. The molecule has 1 spiro atoms. The zero-order valence-electron chi connectivity index (χ0n) is 17.1. The van der Waals surface area contributed by atoms with Gasteiger partial charge in [0.05, 0.1) is 6.54 Å². The zero-order chi connectivity index (χ0) is 21.1. The minimum Gasteiger partial charge on any atom is -0.441 e. The zero-order valence-corrected chi connectivity index (χ0v) is 17.1. The third kappa shape index (κ3) is 4.25. The van der Waals surface area contributed by atoms with Crippen LogP contribution in [0.2, 0.25) is 0 Å². The van der Waals surface area contributed by atoms with Gasteiger partial charge in [0.15, 0.2) is 0 Å². The van der Waals surface area contributed by atoms with Gasteiger partial charge in [-0.1, -0.05) is 30.3 Å².